The summed E-state index contributed by atoms with van der Waals surface area (Å²) in [6.45, 7) is 6.55. The fraction of sp³-hybridized carbons (Fsp3) is 0.316. The first-order valence-corrected chi connectivity index (χ1v) is 8.19. The van der Waals surface area contributed by atoms with Crippen molar-refractivity contribution in [3.63, 3.8) is 0 Å². The SMILES string of the molecule is Cc1cc(C#N)nc(N2CCN(C/C=C/c3ccccc3)CC2)n1. The fourth-order valence-electron chi connectivity index (χ4n) is 2.78. The second kappa shape index (κ2) is 7.71. The first-order valence-electron chi connectivity index (χ1n) is 8.19. The number of aromatic nitrogens is 2. The minimum atomic E-state index is 0.436. The molecule has 2 heterocycles. The van der Waals surface area contributed by atoms with Gasteiger partial charge in [0.2, 0.25) is 5.95 Å². The Labute approximate surface area is 142 Å². The molecule has 2 aromatic rings. The van der Waals surface area contributed by atoms with Gasteiger partial charge in [-0.25, -0.2) is 9.97 Å². The summed E-state index contributed by atoms with van der Waals surface area (Å²) >= 11 is 0. The van der Waals surface area contributed by atoms with Crippen LogP contribution in [0.15, 0.2) is 42.5 Å². The van der Waals surface area contributed by atoms with E-state index in [-0.39, 0.29) is 0 Å². The highest BCUT2D eigenvalue weighted by molar-refractivity contribution is 5.48. The molecule has 5 nitrogen and oxygen atoms in total. The number of anilines is 1. The van der Waals surface area contributed by atoms with Gasteiger partial charge in [-0.1, -0.05) is 42.5 Å². The molecule has 1 aliphatic heterocycles. The molecule has 0 aliphatic carbocycles. The van der Waals surface area contributed by atoms with Crippen LogP contribution in [-0.4, -0.2) is 47.6 Å². The third-order valence-electron chi connectivity index (χ3n) is 4.09. The minimum Gasteiger partial charge on any atom is -0.338 e. The third kappa shape index (κ3) is 4.18. The van der Waals surface area contributed by atoms with Crippen molar-refractivity contribution in [3.8, 4) is 6.07 Å². The van der Waals surface area contributed by atoms with Crippen molar-refractivity contribution in [2.45, 2.75) is 6.92 Å². The van der Waals surface area contributed by atoms with Crippen LogP contribution in [0.4, 0.5) is 5.95 Å². The molecule has 0 bridgehead atoms. The lowest BCUT2D eigenvalue weighted by Gasteiger charge is -2.34. The zero-order chi connectivity index (χ0) is 16.8. The molecule has 5 heteroatoms. The highest BCUT2D eigenvalue weighted by Gasteiger charge is 2.18. The first kappa shape index (κ1) is 16.2. The fourth-order valence-corrected chi connectivity index (χ4v) is 2.78. The largest absolute Gasteiger partial charge is 0.338 e. The molecule has 0 radical (unpaired) electrons. The molecule has 1 aliphatic rings. The predicted molar refractivity (Wildman–Crippen MR) is 95.6 cm³/mol. The Kier molecular flexibility index (Phi) is 5.19. The van der Waals surface area contributed by atoms with E-state index in [9.17, 15) is 0 Å². The Morgan fingerprint density at radius 1 is 1.12 bits per heavy atom. The summed E-state index contributed by atoms with van der Waals surface area (Å²) in [5.74, 6) is 0.672. The van der Waals surface area contributed by atoms with E-state index in [1.165, 1.54) is 5.56 Å². The summed E-state index contributed by atoms with van der Waals surface area (Å²) < 4.78 is 0. The van der Waals surface area contributed by atoms with Crippen LogP contribution < -0.4 is 4.90 Å². The van der Waals surface area contributed by atoms with E-state index in [0.29, 0.717) is 11.6 Å². The zero-order valence-electron chi connectivity index (χ0n) is 13.9. The number of benzene rings is 1. The molecule has 1 aromatic heterocycles. The normalized spacial score (nSPS) is 15.6. The van der Waals surface area contributed by atoms with Crippen LogP contribution in [0.2, 0.25) is 0 Å². The number of piperazine rings is 1. The lowest BCUT2D eigenvalue weighted by Crippen LogP contribution is -2.47. The van der Waals surface area contributed by atoms with Crippen molar-refractivity contribution in [2.75, 3.05) is 37.6 Å². The van der Waals surface area contributed by atoms with E-state index in [1.807, 2.05) is 13.0 Å². The van der Waals surface area contributed by atoms with E-state index < -0.39 is 0 Å². The Bertz CT molecular complexity index is 740. The third-order valence-corrected chi connectivity index (χ3v) is 4.09. The molecule has 1 fully saturated rings. The molecule has 0 unspecified atom stereocenters. The van der Waals surface area contributed by atoms with Crippen LogP contribution in [0.25, 0.3) is 6.08 Å². The van der Waals surface area contributed by atoms with Gasteiger partial charge in [0.25, 0.3) is 0 Å². The molecule has 0 N–H and O–H groups in total. The van der Waals surface area contributed by atoms with E-state index >= 15 is 0 Å². The van der Waals surface area contributed by atoms with E-state index in [2.05, 4.69) is 62.3 Å². The van der Waals surface area contributed by atoms with Gasteiger partial charge in [-0.05, 0) is 18.6 Å². The van der Waals surface area contributed by atoms with Gasteiger partial charge in [0.05, 0.1) is 0 Å². The number of hydrogen-bond donors (Lipinski definition) is 0. The molecule has 0 amide bonds. The van der Waals surface area contributed by atoms with Gasteiger partial charge in [-0.2, -0.15) is 5.26 Å². The second-order valence-corrected chi connectivity index (χ2v) is 5.91. The molecule has 0 atom stereocenters. The van der Waals surface area contributed by atoms with Crippen LogP contribution in [0.3, 0.4) is 0 Å². The quantitative estimate of drug-likeness (QED) is 0.866. The summed E-state index contributed by atoms with van der Waals surface area (Å²) in [7, 11) is 0. The van der Waals surface area contributed by atoms with Crippen molar-refractivity contribution in [1.29, 1.82) is 5.26 Å². The molecule has 0 spiro atoms. The minimum absolute atomic E-state index is 0.436. The predicted octanol–water partition coefficient (Wildman–Crippen LogP) is 2.49. The molecule has 3 rings (SSSR count). The van der Waals surface area contributed by atoms with Crippen molar-refractivity contribution < 1.29 is 0 Å². The topological polar surface area (TPSA) is 56.1 Å². The van der Waals surface area contributed by atoms with E-state index in [0.717, 1.165) is 38.4 Å². The summed E-state index contributed by atoms with van der Waals surface area (Å²) in [6, 6.07) is 14.2. The van der Waals surface area contributed by atoms with E-state index in [4.69, 9.17) is 5.26 Å². The number of rotatable bonds is 4. The van der Waals surface area contributed by atoms with Gasteiger partial charge in [-0.3, -0.25) is 4.90 Å². The van der Waals surface area contributed by atoms with Crippen LogP contribution in [-0.2, 0) is 0 Å². The number of nitriles is 1. The van der Waals surface area contributed by atoms with Gasteiger partial charge in [-0.15, -0.1) is 0 Å². The maximum atomic E-state index is 9.04. The molecule has 0 saturated carbocycles. The smallest absolute Gasteiger partial charge is 0.226 e. The summed E-state index contributed by atoms with van der Waals surface area (Å²) in [4.78, 5) is 13.4. The Morgan fingerprint density at radius 2 is 1.88 bits per heavy atom. The number of nitrogens with zero attached hydrogens (tertiary/aromatic N) is 5. The Morgan fingerprint density at radius 3 is 2.58 bits per heavy atom. The molecule has 122 valence electrons. The highest BCUT2D eigenvalue weighted by Crippen LogP contribution is 2.13. The van der Waals surface area contributed by atoms with Gasteiger partial charge in [0, 0.05) is 38.4 Å². The van der Waals surface area contributed by atoms with Crippen LogP contribution in [0, 0.1) is 18.3 Å². The number of aryl methyl sites for hydroxylation is 1. The van der Waals surface area contributed by atoms with Crippen molar-refractivity contribution in [1.82, 2.24) is 14.9 Å². The molecule has 24 heavy (non-hydrogen) atoms. The van der Waals surface area contributed by atoms with Crippen molar-refractivity contribution >= 4 is 12.0 Å². The number of hydrogen-bond acceptors (Lipinski definition) is 5. The highest BCUT2D eigenvalue weighted by atomic mass is 15.3. The maximum Gasteiger partial charge on any atom is 0.226 e. The van der Waals surface area contributed by atoms with Crippen LogP contribution >= 0.6 is 0 Å². The lowest BCUT2D eigenvalue weighted by atomic mass is 10.2. The zero-order valence-corrected chi connectivity index (χ0v) is 13.9. The maximum absolute atomic E-state index is 9.04. The average Bonchev–Trinajstić information content (AvgIpc) is 2.62. The van der Waals surface area contributed by atoms with Crippen molar-refractivity contribution in [3.05, 3.63) is 59.4 Å². The van der Waals surface area contributed by atoms with Gasteiger partial charge < -0.3 is 4.90 Å². The van der Waals surface area contributed by atoms with Gasteiger partial charge >= 0.3 is 0 Å². The lowest BCUT2D eigenvalue weighted by molar-refractivity contribution is 0.283. The Hall–Kier alpha value is -2.71. The molecule has 1 aromatic carbocycles. The molecular formula is C19H21N5. The Balaban J connectivity index is 1.53. The summed E-state index contributed by atoms with van der Waals surface area (Å²) in [5, 5.41) is 9.04. The van der Waals surface area contributed by atoms with Crippen LogP contribution in [0.1, 0.15) is 17.0 Å². The second-order valence-electron chi connectivity index (χ2n) is 5.91. The monoisotopic (exact) mass is 319 g/mol. The van der Waals surface area contributed by atoms with Gasteiger partial charge in [0.1, 0.15) is 11.8 Å². The van der Waals surface area contributed by atoms with Crippen LogP contribution in [0.5, 0.6) is 0 Å². The standard InChI is InChI=1S/C19H21N5/c1-16-14-18(15-20)22-19(21-16)24-12-10-23(11-13-24)9-5-8-17-6-3-2-4-7-17/h2-8,14H,9-13H2,1H3/b8-5+. The molecular weight excluding hydrogens is 298 g/mol. The van der Waals surface area contributed by atoms with Crippen molar-refractivity contribution in [2.24, 2.45) is 0 Å². The van der Waals surface area contributed by atoms with E-state index in [1.54, 1.807) is 6.07 Å². The first-order chi connectivity index (χ1) is 11.7. The molecule has 1 saturated heterocycles. The van der Waals surface area contributed by atoms with Gasteiger partial charge in [0.15, 0.2) is 0 Å². The summed E-state index contributed by atoms with van der Waals surface area (Å²) in [5.41, 5.74) is 2.50. The summed E-state index contributed by atoms with van der Waals surface area (Å²) in [6.07, 6.45) is 4.37. The average molecular weight is 319 g/mol.